The van der Waals surface area contributed by atoms with Crippen LogP contribution in [0.5, 0.6) is 0 Å². The van der Waals surface area contributed by atoms with Gasteiger partial charge in [-0.25, -0.2) is 0 Å². The van der Waals surface area contributed by atoms with E-state index in [1.54, 1.807) is 0 Å². The number of aryl methyl sites for hydroxylation is 2. The first-order chi connectivity index (χ1) is 7.38. The van der Waals surface area contributed by atoms with Crippen LogP contribution in [-0.2, 0) is 12.8 Å². The highest BCUT2D eigenvalue weighted by atomic mass is 32.1. The van der Waals surface area contributed by atoms with Gasteiger partial charge in [0.2, 0.25) is 0 Å². The van der Waals surface area contributed by atoms with Crippen LogP contribution in [0.3, 0.4) is 0 Å². The Morgan fingerprint density at radius 3 is 3.13 bits per heavy atom. The molecule has 3 nitrogen and oxygen atoms in total. The van der Waals surface area contributed by atoms with Crippen molar-refractivity contribution in [2.75, 3.05) is 12.4 Å². The molecule has 15 heavy (non-hydrogen) atoms. The van der Waals surface area contributed by atoms with Crippen molar-refractivity contribution >= 4 is 17.2 Å². The Hall–Kier alpha value is -1.42. The van der Waals surface area contributed by atoms with Crippen LogP contribution < -0.4 is 5.32 Å². The molecule has 1 aliphatic carbocycles. The Balaban J connectivity index is 2.18. The van der Waals surface area contributed by atoms with E-state index >= 15 is 0 Å². The molecule has 76 valence electrons. The highest BCUT2D eigenvalue weighted by Gasteiger charge is 2.19. The summed E-state index contributed by atoms with van der Waals surface area (Å²) in [6, 6.07) is 4.24. The van der Waals surface area contributed by atoms with Crippen LogP contribution in [0.4, 0.5) is 5.82 Å². The SMILES string of the molecule is CNc1cc2c(nn1)-c1ccsc1CC2. The second-order valence-corrected chi connectivity index (χ2v) is 4.61. The maximum atomic E-state index is 4.30. The molecule has 1 N–H and O–H groups in total. The number of aromatic nitrogens is 2. The summed E-state index contributed by atoms with van der Waals surface area (Å²) in [6.07, 6.45) is 2.21. The predicted molar refractivity (Wildman–Crippen MR) is 62.3 cm³/mol. The second-order valence-electron chi connectivity index (χ2n) is 3.61. The van der Waals surface area contributed by atoms with Gasteiger partial charge in [0.1, 0.15) is 5.82 Å². The zero-order valence-electron chi connectivity index (χ0n) is 8.45. The molecule has 2 aromatic rings. The van der Waals surface area contributed by atoms with Gasteiger partial charge in [0.05, 0.1) is 5.69 Å². The van der Waals surface area contributed by atoms with Crippen molar-refractivity contribution in [1.82, 2.24) is 10.2 Å². The van der Waals surface area contributed by atoms with Crippen molar-refractivity contribution in [3.8, 4) is 11.3 Å². The average molecular weight is 217 g/mol. The summed E-state index contributed by atoms with van der Waals surface area (Å²) in [5.41, 5.74) is 3.65. The molecule has 1 aliphatic rings. The molecule has 0 aromatic carbocycles. The van der Waals surface area contributed by atoms with E-state index in [0.29, 0.717) is 0 Å². The van der Waals surface area contributed by atoms with Crippen molar-refractivity contribution in [3.05, 3.63) is 28.0 Å². The topological polar surface area (TPSA) is 37.8 Å². The van der Waals surface area contributed by atoms with Crippen molar-refractivity contribution in [1.29, 1.82) is 0 Å². The quantitative estimate of drug-likeness (QED) is 0.796. The van der Waals surface area contributed by atoms with Crippen molar-refractivity contribution in [3.63, 3.8) is 0 Å². The number of thiophene rings is 1. The summed E-state index contributed by atoms with van der Waals surface area (Å²) in [6.45, 7) is 0. The maximum Gasteiger partial charge on any atom is 0.148 e. The second kappa shape index (κ2) is 3.31. The van der Waals surface area contributed by atoms with Gasteiger partial charge in [-0.05, 0) is 35.9 Å². The first kappa shape index (κ1) is 8.85. The summed E-state index contributed by atoms with van der Waals surface area (Å²) in [7, 11) is 1.87. The van der Waals surface area contributed by atoms with Crippen molar-refractivity contribution < 1.29 is 0 Å². The predicted octanol–water partition coefficient (Wildman–Crippen LogP) is 2.35. The lowest BCUT2D eigenvalue weighted by Crippen LogP contribution is -2.06. The molecule has 4 heteroatoms. The lowest BCUT2D eigenvalue weighted by Gasteiger charge is -2.14. The number of fused-ring (bicyclic) bond motifs is 3. The number of rotatable bonds is 1. The molecule has 0 saturated carbocycles. The Bertz CT molecular complexity index is 504. The number of nitrogens with one attached hydrogen (secondary N) is 1. The van der Waals surface area contributed by atoms with E-state index in [1.165, 1.54) is 16.0 Å². The zero-order chi connectivity index (χ0) is 10.3. The van der Waals surface area contributed by atoms with Gasteiger partial charge < -0.3 is 5.32 Å². The highest BCUT2D eigenvalue weighted by Crippen LogP contribution is 2.35. The molecule has 0 radical (unpaired) electrons. The first-order valence-corrected chi connectivity index (χ1v) is 5.87. The number of hydrogen-bond acceptors (Lipinski definition) is 4. The van der Waals surface area contributed by atoms with E-state index < -0.39 is 0 Å². The van der Waals surface area contributed by atoms with Crippen molar-refractivity contribution in [2.24, 2.45) is 0 Å². The maximum absolute atomic E-state index is 4.30. The average Bonchev–Trinajstić information content (AvgIpc) is 2.76. The van der Waals surface area contributed by atoms with Gasteiger partial charge >= 0.3 is 0 Å². The Labute approximate surface area is 92.2 Å². The van der Waals surface area contributed by atoms with Gasteiger partial charge in [0, 0.05) is 17.5 Å². The molecule has 0 atom stereocenters. The smallest absolute Gasteiger partial charge is 0.148 e. The Kier molecular flexibility index (Phi) is 1.95. The molecule has 0 bridgehead atoms. The molecule has 0 unspecified atom stereocenters. The minimum absolute atomic E-state index is 0.854. The summed E-state index contributed by atoms with van der Waals surface area (Å²) < 4.78 is 0. The van der Waals surface area contributed by atoms with Gasteiger partial charge in [-0.2, -0.15) is 0 Å². The molecule has 2 heterocycles. The molecule has 3 rings (SSSR count). The van der Waals surface area contributed by atoms with Crippen LogP contribution in [-0.4, -0.2) is 17.2 Å². The third-order valence-corrected chi connectivity index (χ3v) is 3.73. The number of nitrogens with zero attached hydrogens (tertiary/aromatic N) is 2. The van der Waals surface area contributed by atoms with Gasteiger partial charge in [-0.15, -0.1) is 21.5 Å². The Morgan fingerprint density at radius 1 is 1.33 bits per heavy atom. The number of anilines is 1. The molecule has 2 aromatic heterocycles. The molecule has 0 spiro atoms. The summed E-state index contributed by atoms with van der Waals surface area (Å²) in [5.74, 6) is 0.854. The van der Waals surface area contributed by atoms with Crippen LogP contribution in [0.15, 0.2) is 17.5 Å². The van der Waals surface area contributed by atoms with Crippen LogP contribution in [0.1, 0.15) is 10.4 Å². The standard InChI is InChI=1S/C11H11N3S/c1-12-10-6-7-2-3-9-8(4-5-15-9)11(7)14-13-10/h4-6H,2-3H2,1H3,(H,12,13). The largest absolute Gasteiger partial charge is 0.372 e. The summed E-state index contributed by atoms with van der Waals surface area (Å²) >= 11 is 1.82. The van der Waals surface area contributed by atoms with Crippen LogP contribution >= 0.6 is 11.3 Å². The minimum atomic E-state index is 0.854. The van der Waals surface area contributed by atoms with E-state index in [1.807, 2.05) is 18.4 Å². The fraction of sp³-hybridized carbons (Fsp3) is 0.273. The molecule has 0 amide bonds. The van der Waals surface area contributed by atoms with Crippen LogP contribution in [0.2, 0.25) is 0 Å². The van der Waals surface area contributed by atoms with E-state index in [-0.39, 0.29) is 0 Å². The van der Waals surface area contributed by atoms with Gasteiger partial charge in [0.15, 0.2) is 0 Å². The van der Waals surface area contributed by atoms with E-state index in [0.717, 1.165) is 24.4 Å². The normalized spacial score (nSPS) is 13.1. The first-order valence-electron chi connectivity index (χ1n) is 4.99. The van der Waals surface area contributed by atoms with Crippen LogP contribution in [0.25, 0.3) is 11.3 Å². The van der Waals surface area contributed by atoms with Crippen LogP contribution in [0, 0.1) is 0 Å². The number of hydrogen-bond donors (Lipinski definition) is 1. The molecular formula is C11H11N3S. The van der Waals surface area contributed by atoms with E-state index in [4.69, 9.17) is 0 Å². The van der Waals surface area contributed by atoms with Gasteiger partial charge in [-0.1, -0.05) is 0 Å². The van der Waals surface area contributed by atoms with Crippen molar-refractivity contribution in [2.45, 2.75) is 12.8 Å². The molecule has 0 fully saturated rings. The Morgan fingerprint density at radius 2 is 2.27 bits per heavy atom. The fourth-order valence-electron chi connectivity index (χ4n) is 1.96. The third kappa shape index (κ3) is 1.33. The summed E-state index contributed by atoms with van der Waals surface area (Å²) in [5, 5.41) is 13.6. The monoisotopic (exact) mass is 217 g/mol. The fourth-order valence-corrected chi connectivity index (χ4v) is 2.84. The van der Waals surface area contributed by atoms with E-state index in [9.17, 15) is 0 Å². The molecular weight excluding hydrogens is 206 g/mol. The third-order valence-electron chi connectivity index (χ3n) is 2.75. The van der Waals surface area contributed by atoms with Gasteiger partial charge in [-0.3, -0.25) is 0 Å². The molecule has 0 saturated heterocycles. The lowest BCUT2D eigenvalue weighted by atomic mass is 9.96. The van der Waals surface area contributed by atoms with E-state index in [2.05, 4.69) is 33.0 Å². The lowest BCUT2D eigenvalue weighted by molar-refractivity contribution is 0.913. The zero-order valence-corrected chi connectivity index (χ0v) is 9.27. The summed E-state index contributed by atoms with van der Waals surface area (Å²) in [4.78, 5) is 1.44. The minimum Gasteiger partial charge on any atom is -0.372 e. The molecule has 0 aliphatic heterocycles. The highest BCUT2D eigenvalue weighted by molar-refractivity contribution is 7.10. The van der Waals surface area contributed by atoms with Gasteiger partial charge in [0.25, 0.3) is 0 Å².